The number of carbonyl (C=O) groups excluding carboxylic acids is 2. The van der Waals surface area contributed by atoms with Gasteiger partial charge in [-0.2, -0.15) is 0 Å². The molecule has 6 nitrogen and oxygen atoms in total. The van der Waals surface area contributed by atoms with Crippen LogP contribution in [0.1, 0.15) is 23.2 Å². The molecule has 22 heavy (non-hydrogen) atoms. The Morgan fingerprint density at radius 3 is 2.73 bits per heavy atom. The molecule has 0 bridgehead atoms. The number of pyridine rings is 1. The number of fused-ring (bicyclic) bond motifs is 1. The normalized spacial score (nSPS) is 17.7. The third kappa shape index (κ3) is 2.26. The zero-order chi connectivity index (χ0) is 15.7. The van der Waals surface area contributed by atoms with E-state index < -0.39 is 6.04 Å². The average molecular weight is 299 g/mol. The van der Waals surface area contributed by atoms with Crippen LogP contribution in [0.15, 0.2) is 35.3 Å². The highest BCUT2D eigenvalue weighted by molar-refractivity contribution is 6.07. The molecule has 0 unspecified atom stereocenters. The summed E-state index contributed by atoms with van der Waals surface area (Å²) in [6.07, 6.45) is 2.89. The first-order valence-electron chi connectivity index (χ1n) is 7.26. The van der Waals surface area contributed by atoms with Crippen molar-refractivity contribution in [3.8, 4) is 0 Å². The van der Waals surface area contributed by atoms with E-state index in [1.807, 2.05) is 0 Å². The van der Waals surface area contributed by atoms with Gasteiger partial charge in [-0.05, 0) is 18.9 Å². The Kier molecular flexibility index (Phi) is 3.66. The summed E-state index contributed by atoms with van der Waals surface area (Å²) in [5.74, 6) is -0.377. The van der Waals surface area contributed by atoms with Gasteiger partial charge in [0.15, 0.2) is 0 Å². The van der Waals surface area contributed by atoms with Gasteiger partial charge in [0.25, 0.3) is 11.5 Å². The van der Waals surface area contributed by atoms with Crippen LogP contribution in [0.2, 0.25) is 0 Å². The van der Waals surface area contributed by atoms with Gasteiger partial charge in [0.05, 0.1) is 5.56 Å². The monoisotopic (exact) mass is 299 g/mol. The molecule has 2 N–H and O–H groups in total. The van der Waals surface area contributed by atoms with Crippen molar-refractivity contribution in [1.82, 2.24) is 15.2 Å². The number of nitrogens with zero attached hydrogens (tertiary/aromatic N) is 1. The van der Waals surface area contributed by atoms with Crippen molar-refractivity contribution in [2.24, 2.45) is 0 Å². The smallest absolute Gasteiger partial charge is 0.256 e. The van der Waals surface area contributed by atoms with E-state index in [1.165, 1.54) is 6.20 Å². The second kappa shape index (κ2) is 5.63. The van der Waals surface area contributed by atoms with Crippen LogP contribution in [0.5, 0.6) is 0 Å². The van der Waals surface area contributed by atoms with Crippen LogP contribution in [-0.2, 0) is 4.79 Å². The van der Waals surface area contributed by atoms with Crippen LogP contribution in [0.25, 0.3) is 10.8 Å². The number of hydrogen-bond donors (Lipinski definition) is 2. The SMILES string of the molecule is CNC(=O)[C@@H]1CCCN1C(=O)c1c[nH]c(=O)c2ccccc12. The van der Waals surface area contributed by atoms with Gasteiger partial charge in [-0.3, -0.25) is 14.4 Å². The van der Waals surface area contributed by atoms with Gasteiger partial charge in [0.1, 0.15) is 6.04 Å². The largest absolute Gasteiger partial charge is 0.357 e. The van der Waals surface area contributed by atoms with Crippen molar-refractivity contribution in [3.63, 3.8) is 0 Å². The summed E-state index contributed by atoms with van der Waals surface area (Å²) in [5.41, 5.74) is 0.197. The molecule has 0 aliphatic carbocycles. The second-order valence-corrected chi connectivity index (χ2v) is 5.35. The van der Waals surface area contributed by atoms with Gasteiger partial charge < -0.3 is 15.2 Å². The second-order valence-electron chi connectivity index (χ2n) is 5.35. The fourth-order valence-electron chi connectivity index (χ4n) is 2.99. The Labute approximate surface area is 127 Å². The van der Waals surface area contributed by atoms with Gasteiger partial charge in [0, 0.05) is 30.6 Å². The van der Waals surface area contributed by atoms with Gasteiger partial charge in [-0.25, -0.2) is 0 Å². The lowest BCUT2D eigenvalue weighted by Crippen LogP contribution is -2.45. The van der Waals surface area contributed by atoms with Crippen LogP contribution < -0.4 is 10.9 Å². The van der Waals surface area contributed by atoms with Crippen molar-refractivity contribution < 1.29 is 9.59 Å². The quantitative estimate of drug-likeness (QED) is 0.863. The molecule has 1 saturated heterocycles. The first-order valence-corrected chi connectivity index (χ1v) is 7.26. The Hall–Kier alpha value is -2.63. The topological polar surface area (TPSA) is 82.3 Å². The molecule has 1 atom stereocenters. The summed E-state index contributed by atoms with van der Waals surface area (Å²) in [7, 11) is 1.57. The number of likely N-dealkylation sites (tertiary alicyclic amines) is 1. The van der Waals surface area contributed by atoms with Gasteiger partial charge >= 0.3 is 0 Å². The molecule has 2 aromatic rings. The number of aromatic amines is 1. The molecule has 1 aliphatic rings. The van der Waals surface area contributed by atoms with E-state index in [4.69, 9.17) is 0 Å². The zero-order valence-electron chi connectivity index (χ0n) is 12.3. The predicted molar refractivity (Wildman–Crippen MR) is 82.7 cm³/mol. The van der Waals surface area contributed by atoms with Crippen LogP contribution in [0, 0.1) is 0 Å². The molecule has 0 saturated carbocycles. The minimum absolute atomic E-state index is 0.153. The molecular formula is C16H17N3O3. The average Bonchev–Trinajstić information content (AvgIpc) is 3.04. The number of aromatic nitrogens is 1. The molecule has 0 spiro atoms. The van der Waals surface area contributed by atoms with E-state index in [-0.39, 0.29) is 17.4 Å². The lowest BCUT2D eigenvalue weighted by atomic mass is 10.1. The van der Waals surface area contributed by atoms with Gasteiger partial charge in [-0.15, -0.1) is 0 Å². The number of hydrogen-bond acceptors (Lipinski definition) is 3. The van der Waals surface area contributed by atoms with E-state index in [0.29, 0.717) is 29.3 Å². The summed E-state index contributed by atoms with van der Waals surface area (Å²) >= 11 is 0. The molecule has 3 rings (SSSR count). The molecule has 1 aliphatic heterocycles. The Bertz CT molecular complexity index is 797. The first-order chi connectivity index (χ1) is 10.6. The van der Waals surface area contributed by atoms with Crippen molar-refractivity contribution in [2.45, 2.75) is 18.9 Å². The van der Waals surface area contributed by atoms with Crippen molar-refractivity contribution in [3.05, 3.63) is 46.4 Å². The summed E-state index contributed by atoms with van der Waals surface area (Å²) < 4.78 is 0. The molecule has 1 aromatic carbocycles. The maximum atomic E-state index is 12.8. The number of nitrogens with one attached hydrogen (secondary N) is 2. The zero-order valence-corrected chi connectivity index (χ0v) is 12.3. The number of carbonyl (C=O) groups is 2. The van der Waals surface area contributed by atoms with Crippen molar-refractivity contribution in [2.75, 3.05) is 13.6 Å². The van der Waals surface area contributed by atoms with E-state index in [0.717, 1.165) is 6.42 Å². The van der Waals surface area contributed by atoms with Gasteiger partial charge in [-0.1, -0.05) is 18.2 Å². The minimum atomic E-state index is -0.441. The van der Waals surface area contributed by atoms with Crippen LogP contribution in [0.4, 0.5) is 0 Å². The third-order valence-corrected chi connectivity index (χ3v) is 4.10. The molecular weight excluding hydrogens is 282 g/mol. The lowest BCUT2D eigenvalue weighted by Gasteiger charge is -2.23. The number of likely N-dealkylation sites (N-methyl/N-ethyl adjacent to an activating group) is 1. The predicted octanol–water partition coefficient (Wildman–Crippen LogP) is 0.879. The number of H-pyrrole nitrogens is 1. The first kappa shape index (κ1) is 14.3. The van der Waals surface area contributed by atoms with E-state index in [1.54, 1.807) is 36.2 Å². The standard InChI is InChI=1S/C16H17N3O3/c1-17-15(21)13-7-4-8-19(13)16(22)12-9-18-14(20)11-6-3-2-5-10(11)12/h2-3,5-6,9,13H,4,7-8H2,1H3,(H,17,21)(H,18,20)/t13-/m0/s1. The Morgan fingerprint density at radius 1 is 1.27 bits per heavy atom. The van der Waals surface area contributed by atoms with Crippen LogP contribution in [0.3, 0.4) is 0 Å². The molecule has 6 heteroatoms. The maximum Gasteiger partial charge on any atom is 0.256 e. The molecule has 1 fully saturated rings. The van der Waals surface area contributed by atoms with Crippen LogP contribution >= 0.6 is 0 Å². The van der Waals surface area contributed by atoms with Crippen molar-refractivity contribution in [1.29, 1.82) is 0 Å². The van der Waals surface area contributed by atoms with Crippen LogP contribution in [-0.4, -0.2) is 41.3 Å². The van der Waals surface area contributed by atoms with E-state index in [2.05, 4.69) is 10.3 Å². The summed E-state index contributed by atoms with van der Waals surface area (Å²) in [4.78, 5) is 40.8. The third-order valence-electron chi connectivity index (χ3n) is 4.10. The Morgan fingerprint density at radius 2 is 2.00 bits per heavy atom. The number of benzene rings is 1. The Balaban J connectivity index is 2.04. The number of rotatable bonds is 2. The molecule has 2 amide bonds. The summed E-state index contributed by atoms with van der Waals surface area (Å²) in [6.45, 7) is 0.546. The summed E-state index contributed by atoms with van der Waals surface area (Å²) in [5, 5.41) is 3.68. The van der Waals surface area contributed by atoms with E-state index >= 15 is 0 Å². The van der Waals surface area contributed by atoms with E-state index in [9.17, 15) is 14.4 Å². The molecule has 0 radical (unpaired) electrons. The highest BCUT2D eigenvalue weighted by Crippen LogP contribution is 2.23. The highest BCUT2D eigenvalue weighted by atomic mass is 16.2. The maximum absolute atomic E-state index is 12.8. The molecule has 114 valence electrons. The minimum Gasteiger partial charge on any atom is -0.357 e. The lowest BCUT2D eigenvalue weighted by molar-refractivity contribution is -0.124. The molecule has 1 aromatic heterocycles. The highest BCUT2D eigenvalue weighted by Gasteiger charge is 2.34. The fraction of sp³-hybridized carbons (Fsp3) is 0.312. The van der Waals surface area contributed by atoms with Crippen molar-refractivity contribution >= 4 is 22.6 Å². The fourth-order valence-corrected chi connectivity index (χ4v) is 2.99. The summed E-state index contributed by atoms with van der Waals surface area (Å²) in [6, 6.07) is 6.55. The number of amides is 2. The molecule has 2 heterocycles. The van der Waals surface area contributed by atoms with Gasteiger partial charge in [0.2, 0.25) is 5.91 Å².